The third kappa shape index (κ3) is 3.04. The van der Waals surface area contributed by atoms with Crippen LogP contribution in [0.25, 0.3) is 0 Å². The van der Waals surface area contributed by atoms with Crippen LogP contribution in [0, 0.1) is 6.92 Å². The number of aryl methyl sites for hydroxylation is 1. The van der Waals surface area contributed by atoms with E-state index >= 15 is 0 Å². The van der Waals surface area contributed by atoms with E-state index in [1.165, 1.54) is 0 Å². The predicted molar refractivity (Wildman–Crippen MR) is 55.7 cm³/mol. The zero-order valence-electron chi connectivity index (χ0n) is 9.40. The fraction of sp³-hybridized carbons (Fsp3) is 0.700. The highest BCUT2D eigenvalue weighted by Crippen LogP contribution is 2.13. The molecule has 0 radical (unpaired) electrons. The van der Waals surface area contributed by atoms with E-state index in [0.29, 0.717) is 18.9 Å². The molecule has 0 aliphatic carbocycles. The summed E-state index contributed by atoms with van der Waals surface area (Å²) >= 11 is 0. The first-order valence-corrected chi connectivity index (χ1v) is 5.14. The predicted octanol–water partition coefficient (Wildman–Crippen LogP) is 1.57. The Balaban J connectivity index is 2.66. The van der Waals surface area contributed by atoms with Crippen LogP contribution < -0.4 is 0 Å². The van der Waals surface area contributed by atoms with Gasteiger partial charge in [0.25, 0.3) is 0 Å². The molecule has 5 nitrogen and oxygen atoms in total. The van der Waals surface area contributed by atoms with Crippen molar-refractivity contribution < 1.29 is 9.90 Å². The van der Waals surface area contributed by atoms with E-state index in [0.717, 1.165) is 11.6 Å². The number of carboxylic acids is 1. The summed E-state index contributed by atoms with van der Waals surface area (Å²) in [5.74, 6) is 1.34. The van der Waals surface area contributed by atoms with Gasteiger partial charge in [-0.25, -0.2) is 0 Å². The molecule has 1 heterocycles. The normalized spacial score (nSPS) is 10.9. The van der Waals surface area contributed by atoms with Gasteiger partial charge in [0.2, 0.25) is 0 Å². The van der Waals surface area contributed by atoms with Crippen molar-refractivity contribution in [3.8, 4) is 0 Å². The minimum Gasteiger partial charge on any atom is -0.481 e. The van der Waals surface area contributed by atoms with E-state index < -0.39 is 5.97 Å². The Labute approximate surface area is 89.1 Å². The Hall–Kier alpha value is -1.39. The van der Waals surface area contributed by atoms with Gasteiger partial charge in [0.15, 0.2) is 0 Å². The Morgan fingerprint density at radius 1 is 1.47 bits per heavy atom. The second kappa shape index (κ2) is 4.91. The van der Waals surface area contributed by atoms with E-state index in [1.54, 1.807) is 0 Å². The van der Waals surface area contributed by atoms with Crippen molar-refractivity contribution >= 4 is 5.97 Å². The summed E-state index contributed by atoms with van der Waals surface area (Å²) in [5.41, 5.74) is 0. The van der Waals surface area contributed by atoms with Crippen molar-refractivity contribution in [3.05, 3.63) is 11.6 Å². The molecule has 1 N–H and O–H groups in total. The smallest absolute Gasteiger partial charge is 0.303 e. The molecule has 0 spiro atoms. The first kappa shape index (κ1) is 11.7. The molecule has 84 valence electrons. The lowest BCUT2D eigenvalue weighted by Gasteiger charge is -2.09. The molecule has 0 bridgehead atoms. The molecule has 0 saturated heterocycles. The first-order chi connectivity index (χ1) is 7.02. The van der Waals surface area contributed by atoms with Crippen LogP contribution in [-0.4, -0.2) is 25.8 Å². The van der Waals surface area contributed by atoms with Gasteiger partial charge in [-0.2, -0.15) is 0 Å². The Kier molecular flexibility index (Phi) is 3.82. The maximum Gasteiger partial charge on any atom is 0.303 e. The zero-order chi connectivity index (χ0) is 11.4. The van der Waals surface area contributed by atoms with Gasteiger partial charge in [0.1, 0.15) is 11.6 Å². The maximum absolute atomic E-state index is 10.4. The lowest BCUT2D eigenvalue weighted by atomic mass is 10.2. The molecule has 0 aromatic carbocycles. The zero-order valence-corrected chi connectivity index (χ0v) is 9.40. The number of aliphatic carboxylic acids is 1. The molecule has 0 saturated carbocycles. The molecule has 0 aliphatic heterocycles. The highest BCUT2D eigenvalue weighted by atomic mass is 16.4. The Morgan fingerprint density at radius 3 is 2.67 bits per heavy atom. The van der Waals surface area contributed by atoms with Crippen LogP contribution in [0.4, 0.5) is 0 Å². The summed E-state index contributed by atoms with van der Waals surface area (Å²) in [7, 11) is 0. The number of hydrogen-bond acceptors (Lipinski definition) is 3. The molecule has 0 amide bonds. The molecule has 0 atom stereocenters. The van der Waals surface area contributed by atoms with Gasteiger partial charge >= 0.3 is 5.97 Å². The SMILES string of the molecule is Cc1nnc(C(C)C)n1CCCC(=O)O. The summed E-state index contributed by atoms with van der Waals surface area (Å²) in [6, 6.07) is 0. The molecule has 15 heavy (non-hydrogen) atoms. The first-order valence-electron chi connectivity index (χ1n) is 5.14. The Morgan fingerprint density at radius 2 is 2.13 bits per heavy atom. The second-order valence-corrected chi connectivity index (χ2v) is 3.91. The van der Waals surface area contributed by atoms with Gasteiger partial charge in [0.05, 0.1) is 0 Å². The number of carbonyl (C=O) groups is 1. The van der Waals surface area contributed by atoms with Crippen LogP contribution in [0.15, 0.2) is 0 Å². The maximum atomic E-state index is 10.4. The highest BCUT2D eigenvalue weighted by Gasteiger charge is 2.11. The second-order valence-electron chi connectivity index (χ2n) is 3.91. The van der Waals surface area contributed by atoms with Gasteiger partial charge < -0.3 is 9.67 Å². The standard InChI is InChI=1S/C10H17N3O2/c1-7(2)10-12-11-8(3)13(10)6-4-5-9(14)15/h7H,4-6H2,1-3H3,(H,14,15). The van der Waals surface area contributed by atoms with Crippen LogP contribution in [0.2, 0.25) is 0 Å². The van der Waals surface area contributed by atoms with Gasteiger partial charge in [-0.05, 0) is 13.3 Å². The molecule has 1 rings (SSSR count). The van der Waals surface area contributed by atoms with Crippen molar-refractivity contribution in [1.82, 2.24) is 14.8 Å². The number of aromatic nitrogens is 3. The average molecular weight is 211 g/mol. The third-order valence-corrected chi connectivity index (χ3v) is 2.25. The molecule has 0 fully saturated rings. The Bertz CT molecular complexity index is 344. The average Bonchev–Trinajstić information content (AvgIpc) is 2.47. The molecular weight excluding hydrogens is 194 g/mol. The highest BCUT2D eigenvalue weighted by molar-refractivity contribution is 5.66. The van der Waals surface area contributed by atoms with Crippen molar-refractivity contribution in [2.45, 2.75) is 46.1 Å². The molecule has 5 heteroatoms. The summed E-state index contributed by atoms with van der Waals surface area (Å²) in [6.07, 6.45) is 0.809. The van der Waals surface area contributed by atoms with Crippen molar-refractivity contribution in [1.29, 1.82) is 0 Å². The van der Waals surface area contributed by atoms with Crippen molar-refractivity contribution in [2.75, 3.05) is 0 Å². The van der Waals surface area contributed by atoms with Crippen molar-refractivity contribution in [3.63, 3.8) is 0 Å². The summed E-state index contributed by atoms with van der Waals surface area (Å²) in [6.45, 7) is 6.67. The summed E-state index contributed by atoms with van der Waals surface area (Å²) < 4.78 is 1.99. The minimum absolute atomic E-state index is 0.190. The van der Waals surface area contributed by atoms with E-state index in [1.807, 2.05) is 11.5 Å². The molecule has 0 aliphatic rings. The molecule has 1 aromatic heterocycles. The van der Waals surface area contributed by atoms with Gasteiger partial charge in [-0.3, -0.25) is 4.79 Å². The number of rotatable bonds is 5. The van der Waals surface area contributed by atoms with Crippen LogP contribution in [0.1, 0.15) is 44.3 Å². The number of nitrogens with zero attached hydrogens (tertiary/aromatic N) is 3. The third-order valence-electron chi connectivity index (χ3n) is 2.25. The monoisotopic (exact) mass is 211 g/mol. The summed E-state index contributed by atoms with van der Waals surface area (Å²) in [4.78, 5) is 10.4. The van der Waals surface area contributed by atoms with Crippen LogP contribution in [0.3, 0.4) is 0 Å². The van der Waals surface area contributed by atoms with Crippen LogP contribution in [0.5, 0.6) is 0 Å². The summed E-state index contributed by atoms with van der Waals surface area (Å²) in [5, 5.41) is 16.6. The van der Waals surface area contributed by atoms with Crippen LogP contribution in [-0.2, 0) is 11.3 Å². The van der Waals surface area contributed by atoms with E-state index in [4.69, 9.17) is 5.11 Å². The fourth-order valence-electron chi connectivity index (χ4n) is 1.49. The number of carboxylic acid groups (broad SMARTS) is 1. The fourth-order valence-corrected chi connectivity index (χ4v) is 1.49. The quantitative estimate of drug-likeness (QED) is 0.802. The van der Waals surface area contributed by atoms with Crippen molar-refractivity contribution in [2.24, 2.45) is 0 Å². The lowest BCUT2D eigenvalue weighted by Crippen LogP contribution is -2.08. The number of hydrogen-bond donors (Lipinski definition) is 1. The topological polar surface area (TPSA) is 68.0 Å². The van der Waals surface area contributed by atoms with E-state index in [9.17, 15) is 4.79 Å². The van der Waals surface area contributed by atoms with Gasteiger partial charge in [0, 0.05) is 18.9 Å². The minimum atomic E-state index is -0.758. The van der Waals surface area contributed by atoms with E-state index in [2.05, 4.69) is 24.0 Å². The molecule has 1 aromatic rings. The largest absolute Gasteiger partial charge is 0.481 e. The lowest BCUT2D eigenvalue weighted by molar-refractivity contribution is -0.137. The van der Waals surface area contributed by atoms with Gasteiger partial charge in [-0.15, -0.1) is 10.2 Å². The van der Waals surface area contributed by atoms with Gasteiger partial charge in [-0.1, -0.05) is 13.8 Å². The van der Waals surface area contributed by atoms with Crippen LogP contribution >= 0.6 is 0 Å². The van der Waals surface area contributed by atoms with E-state index in [-0.39, 0.29) is 6.42 Å². The molecule has 0 unspecified atom stereocenters. The molecular formula is C10H17N3O2.